The Morgan fingerprint density at radius 1 is 1.38 bits per heavy atom. The lowest BCUT2D eigenvalue weighted by Gasteiger charge is -2.24. The summed E-state index contributed by atoms with van der Waals surface area (Å²) < 4.78 is 4.29. The van der Waals surface area contributed by atoms with E-state index in [4.69, 9.17) is 0 Å². The predicted octanol–water partition coefficient (Wildman–Crippen LogP) is 1.65. The van der Waals surface area contributed by atoms with E-state index in [1.165, 1.54) is 23.0 Å². The molecule has 0 N–H and O–H groups in total. The van der Waals surface area contributed by atoms with Gasteiger partial charge in [0.1, 0.15) is 5.82 Å². The fourth-order valence-corrected chi connectivity index (χ4v) is 2.98. The fraction of sp³-hybridized carbons (Fsp3) is 0.750. The molecule has 0 spiro atoms. The Bertz CT molecular complexity index is 268. The maximum atomic E-state index is 4.48. The SMILES string of the molecule is CCc1nsc(N2CCSCC2)n1. The third-order valence-corrected chi connectivity index (χ3v) is 3.81. The Hall–Kier alpha value is -0.290. The first-order valence-electron chi connectivity index (χ1n) is 4.55. The van der Waals surface area contributed by atoms with Gasteiger partial charge in [-0.05, 0) is 0 Å². The van der Waals surface area contributed by atoms with Gasteiger partial charge in [0.05, 0.1) is 0 Å². The molecule has 0 amide bonds. The molecule has 0 atom stereocenters. The summed E-state index contributed by atoms with van der Waals surface area (Å²) in [6.45, 7) is 4.35. The fourth-order valence-electron chi connectivity index (χ4n) is 1.27. The highest BCUT2D eigenvalue weighted by Gasteiger charge is 2.14. The average molecular weight is 215 g/mol. The van der Waals surface area contributed by atoms with Crippen LogP contribution in [0.25, 0.3) is 0 Å². The molecule has 0 unspecified atom stereocenters. The van der Waals surface area contributed by atoms with E-state index in [0.717, 1.165) is 30.5 Å². The minimum Gasteiger partial charge on any atom is -0.345 e. The van der Waals surface area contributed by atoms with Crippen molar-refractivity contribution < 1.29 is 0 Å². The molecule has 0 radical (unpaired) electrons. The molecule has 0 aliphatic carbocycles. The van der Waals surface area contributed by atoms with E-state index in [1.54, 1.807) is 0 Å². The van der Waals surface area contributed by atoms with Crippen LogP contribution in [0.4, 0.5) is 5.13 Å². The van der Waals surface area contributed by atoms with Gasteiger partial charge in [0.2, 0.25) is 5.13 Å². The van der Waals surface area contributed by atoms with Crippen LogP contribution in [-0.4, -0.2) is 34.0 Å². The standard InChI is InChI=1S/C8H13N3S2/c1-2-7-9-8(13-10-7)11-3-5-12-6-4-11/h2-6H2,1H3. The van der Waals surface area contributed by atoms with Crippen molar-refractivity contribution in [2.24, 2.45) is 0 Å². The van der Waals surface area contributed by atoms with Crippen LogP contribution in [0.1, 0.15) is 12.7 Å². The summed E-state index contributed by atoms with van der Waals surface area (Å²) in [4.78, 5) is 6.82. The molecule has 1 fully saturated rings. The number of aromatic nitrogens is 2. The van der Waals surface area contributed by atoms with Crippen LogP contribution in [0, 0.1) is 0 Å². The molecule has 0 bridgehead atoms. The van der Waals surface area contributed by atoms with Crippen LogP contribution < -0.4 is 4.90 Å². The van der Waals surface area contributed by atoms with E-state index < -0.39 is 0 Å². The number of hydrogen-bond donors (Lipinski definition) is 0. The van der Waals surface area contributed by atoms with Crippen LogP contribution >= 0.6 is 23.3 Å². The molecule has 1 aliphatic rings. The summed E-state index contributed by atoms with van der Waals surface area (Å²) in [5, 5.41) is 1.11. The van der Waals surface area contributed by atoms with Crippen LogP contribution in [-0.2, 0) is 6.42 Å². The zero-order valence-electron chi connectivity index (χ0n) is 7.69. The summed E-state index contributed by atoms with van der Waals surface area (Å²) in [7, 11) is 0. The van der Waals surface area contributed by atoms with Crippen molar-refractivity contribution in [3.63, 3.8) is 0 Å². The summed E-state index contributed by atoms with van der Waals surface area (Å²) in [5.41, 5.74) is 0. The maximum Gasteiger partial charge on any atom is 0.205 e. The number of hydrogen-bond acceptors (Lipinski definition) is 5. The smallest absolute Gasteiger partial charge is 0.205 e. The lowest BCUT2D eigenvalue weighted by atomic mass is 10.5. The summed E-state index contributed by atoms with van der Waals surface area (Å²) in [6.07, 6.45) is 0.944. The van der Waals surface area contributed by atoms with E-state index in [1.807, 2.05) is 11.8 Å². The Morgan fingerprint density at radius 2 is 2.15 bits per heavy atom. The molecule has 1 aromatic heterocycles. The molecular formula is C8H13N3S2. The van der Waals surface area contributed by atoms with Crippen molar-refractivity contribution >= 4 is 28.4 Å². The van der Waals surface area contributed by atoms with Crippen molar-refractivity contribution in [1.29, 1.82) is 0 Å². The second-order valence-electron chi connectivity index (χ2n) is 2.95. The van der Waals surface area contributed by atoms with Crippen molar-refractivity contribution in [2.75, 3.05) is 29.5 Å². The van der Waals surface area contributed by atoms with Crippen LogP contribution in [0.15, 0.2) is 0 Å². The maximum absolute atomic E-state index is 4.48. The first kappa shape index (κ1) is 9.27. The van der Waals surface area contributed by atoms with Gasteiger partial charge in [-0.3, -0.25) is 0 Å². The largest absolute Gasteiger partial charge is 0.345 e. The minimum atomic E-state index is 0.944. The Kier molecular flexibility index (Phi) is 3.05. The van der Waals surface area contributed by atoms with Gasteiger partial charge in [-0.15, -0.1) is 0 Å². The van der Waals surface area contributed by atoms with Gasteiger partial charge in [0.25, 0.3) is 0 Å². The van der Waals surface area contributed by atoms with Gasteiger partial charge < -0.3 is 4.90 Å². The molecule has 72 valence electrons. The van der Waals surface area contributed by atoms with Crippen LogP contribution in [0.2, 0.25) is 0 Å². The highest BCUT2D eigenvalue weighted by molar-refractivity contribution is 7.99. The highest BCUT2D eigenvalue weighted by Crippen LogP contribution is 2.21. The molecule has 13 heavy (non-hydrogen) atoms. The van der Waals surface area contributed by atoms with E-state index in [-0.39, 0.29) is 0 Å². The van der Waals surface area contributed by atoms with Gasteiger partial charge >= 0.3 is 0 Å². The summed E-state index contributed by atoms with van der Waals surface area (Å²) >= 11 is 3.56. The number of thioether (sulfide) groups is 1. The Labute approximate surface area is 86.7 Å². The molecular weight excluding hydrogens is 202 g/mol. The lowest BCUT2D eigenvalue weighted by molar-refractivity contribution is 0.844. The molecule has 1 saturated heterocycles. The van der Waals surface area contributed by atoms with Crippen molar-refractivity contribution in [3.05, 3.63) is 5.82 Å². The molecule has 2 rings (SSSR count). The van der Waals surface area contributed by atoms with E-state index in [2.05, 4.69) is 21.2 Å². The first-order chi connectivity index (χ1) is 6.40. The number of aryl methyl sites for hydroxylation is 1. The van der Waals surface area contributed by atoms with Crippen molar-refractivity contribution in [3.8, 4) is 0 Å². The molecule has 0 saturated carbocycles. The Balaban J connectivity index is 2.05. The zero-order valence-corrected chi connectivity index (χ0v) is 9.33. The minimum absolute atomic E-state index is 0.944. The van der Waals surface area contributed by atoms with Crippen LogP contribution in [0.5, 0.6) is 0 Å². The second-order valence-corrected chi connectivity index (χ2v) is 4.90. The first-order valence-corrected chi connectivity index (χ1v) is 6.48. The molecule has 1 aliphatic heterocycles. The van der Waals surface area contributed by atoms with Gasteiger partial charge in [-0.25, -0.2) is 4.98 Å². The van der Waals surface area contributed by atoms with Gasteiger partial charge in [0, 0.05) is 42.5 Å². The van der Waals surface area contributed by atoms with Gasteiger partial charge in [-0.1, -0.05) is 6.92 Å². The molecule has 3 nitrogen and oxygen atoms in total. The molecule has 0 aromatic carbocycles. The van der Waals surface area contributed by atoms with Crippen molar-refractivity contribution in [1.82, 2.24) is 9.36 Å². The van der Waals surface area contributed by atoms with E-state index in [9.17, 15) is 0 Å². The number of nitrogens with zero attached hydrogens (tertiary/aromatic N) is 3. The van der Waals surface area contributed by atoms with Crippen LogP contribution in [0.3, 0.4) is 0 Å². The Morgan fingerprint density at radius 3 is 2.77 bits per heavy atom. The number of anilines is 1. The molecule has 5 heteroatoms. The highest BCUT2D eigenvalue weighted by atomic mass is 32.2. The van der Waals surface area contributed by atoms with E-state index >= 15 is 0 Å². The quantitative estimate of drug-likeness (QED) is 0.750. The zero-order chi connectivity index (χ0) is 9.10. The topological polar surface area (TPSA) is 29.0 Å². The van der Waals surface area contributed by atoms with E-state index in [0.29, 0.717) is 0 Å². The third-order valence-electron chi connectivity index (χ3n) is 2.06. The second kappa shape index (κ2) is 4.28. The lowest BCUT2D eigenvalue weighted by Crippen LogP contribution is -2.32. The van der Waals surface area contributed by atoms with Gasteiger partial charge in [0.15, 0.2) is 0 Å². The summed E-state index contributed by atoms with van der Waals surface area (Å²) in [6, 6.07) is 0. The van der Waals surface area contributed by atoms with Gasteiger partial charge in [-0.2, -0.15) is 16.1 Å². The predicted molar refractivity (Wildman–Crippen MR) is 58.8 cm³/mol. The third kappa shape index (κ3) is 2.14. The normalized spacial score (nSPS) is 17.8. The monoisotopic (exact) mass is 215 g/mol. The average Bonchev–Trinajstić information content (AvgIpc) is 2.67. The number of rotatable bonds is 2. The molecule has 1 aromatic rings. The molecule has 2 heterocycles. The van der Waals surface area contributed by atoms with Crippen molar-refractivity contribution in [2.45, 2.75) is 13.3 Å². The summed E-state index contributed by atoms with van der Waals surface area (Å²) in [5.74, 6) is 3.43.